The van der Waals surface area contributed by atoms with Crippen molar-refractivity contribution in [2.24, 2.45) is 0 Å². The molecule has 4 nitrogen and oxygen atoms in total. The Morgan fingerprint density at radius 2 is 1.18 bits per heavy atom. The molecule has 3 rings (SSSR count). The number of hydrogen-bond acceptors (Lipinski definition) is 6. The highest BCUT2D eigenvalue weighted by Gasteiger charge is 2.05. The largest absolute Gasteiger partial charge is 0.378 e. The molecule has 2 aromatic heterocycles. The van der Waals surface area contributed by atoms with Gasteiger partial charge in [0.15, 0.2) is 0 Å². The number of ether oxygens (including phenoxy) is 2. The molecule has 0 fully saturated rings. The van der Waals surface area contributed by atoms with Crippen molar-refractivity contribution >= 4 is 23.5 Å². The van der Waals surface area contributed by atoms with Crippen LogP contribution in [0.2, 0.25) is 0 Å². The van der Waals surface area contributed by atoms with Crippen LogP contribution in [0.25, 0.3) is 11.4 Å². The van der Waals surface area contributed by atoms with Crippen molar-refractivity contribution in [3.05, 3.63) is 36.4 Å². The fraction of sp³-hybridized carbons (Fsp3) is 0.375. The number of aromatic nitrogens is 2. The highest BCUT2D eigenvalue weighted by molar-refractivity contribution is 7.99. The van der Waals surface area contributed by atoms with E-state index >= 15 is 0 Å². The summed E-state index contributed by atoms with van der Waals surface area (Å²) < 4.78 is 11.1. The fourth-order valence-corrected chi connectivity index (χ4v) is 3.50. The minimum absolute atomic E-state index is 0.645. The number of hydrogen-bond donors (Lipinski definition) is 0. The van der Waals surface area contributed by atoms with Crippen molar-refractivity contribution < 1.29 is 9.47 Å². The van der Waals surface area contributed by atoms with Gasteiger partial charge in [0.2, 0.25) is 0 Å². The van der Waals surface area contributed by atoms with E-state index in [1.165, 1.54) is 0 Å². The van der Waals surface area contributed by atoms with Gasteiger partial charge in [0.25, 0.3) is 0 Å². The first-order chi connectivity index (χ1) is 10.9. The first-order valence-electron chi connectivity index (χ1n) is 7.27. The van der Waals surface area contributed by atoms with Crippen molar-refractivity contribution in [2.45, 2.75) is 10.1 Å². The molecule has 0 N–H and O–H groups in total. The molecular formula is C16H18N2O2S2. The first kappa shape index (κ1) is 15.8. The van der Waals surface area contributed by atoms with Gasteiger partial charge in [-0.25, -0.2) is 9.97 Å². The molecule has 116 valence electrons. The predicted octanol–water partition coefficient (Wildman–Crippen LogP) is 3.37. The summed E-state index contributed by atoms with van der Waals surface area (Å²) in [6, 6.07) is 12.1. The minimum Gasteiger partial charge on any atom is -0.378 e. The second kappa shape index (κ2) is 8.53. The van der Waals surface area contributed by atoms with Crippen LogP contribution in [0.15, 0.2) is 46.5 Å². The molecule has 4 bridgehead atoms. The van der Waals surface area contributed by atoms with Crippen LogP contribution >= 0.6 is 23.5 Å². The zero-order valence-corrected chi connectivity index (χ0v) is 13.9. The van der Waals surface area contributed by atoms with E-state index in [9.17, 15) is 0 Å². The molecule has 1 aliphatic heterocycles. The van der Waals surface area contributed by atoms with E-state index in [-0.39, 0.29) is 0 Å². The van der Waals surface area contributed by atoms with E-state index in [1.54, 1.807) is 23.5 Å². The van der Waals surface area contributed by atoms with Crippen LogP contribution in [0.5, 0.6) is 0 Å². The molecule has 0 spiro atoms. The lowest BCUT2D eigenvalue weighted by atomic mass is 10.2. The lowest BCUT2D eigenvalue weighted by Crippen LogP contribution is -2.08. The van der Waals surface area contributed by atoms with Crippen LogP contribution in [-0.4, -0.2) is 47.9 Å². The summed E-state index contributed by atoms with van der Waals surface area (Å²) in [5.74, 6) is 1.78. The maximum Gasteiger partial charge on any atom is 0.0968 e. The van der Waals surface area contributed by atoms with Crippen molar-refractivity contribution in [1.29, 1.82) is 0 Å². The lowest BCUT2D eigenvalue weighted by Gasteiger charge is -2.09. The normalized spacial score (nSPS) is 17.1. The average Bonchev–Trinajstić information content (AvgIpc) is 2.56. The molecule has 22 heavy (non-hydrogen) atoms. The van der Waals surface area contributed by atoms with Gasteiger partial charge in [-0.3, -0.25) is 0 Å². The maximum atomic E-state index is 5.55. The molecule has 0 amide bonds. The first-order valence-corrected chi connectivity index (χ1v) is 9.24. The van der Waals surface area contributed by atoms with Crippen molar-refractivity contribution in [2.75, 3.05) is 37.9 Å². The molecule has 0 saturated heterocycles. The monoisotopic (exact) mass is 334 g/mol. The number of pyridine rings is 2. The van der Waals surface area contributed by atoms with Crippen LogP contribution in [0.4, 0.5) is 0 Å². The molecule has 6 heteroatoms. The summed E-state index contributed by atoms with van der Waals surface area (Å²) >= 11 is 3.40. The second-order valence-corrected chi connectivity index (χ2v) is 6.87. The lowest BCUT2D eigenvalue weighted by molar-refractivity contribution is 0.0605. The summed E-state index contributed by atoms with van der Waals surface area (Å²) in [4.78, 5) is 9.37. The van der Waals surface area contributed by atoms with Crippen LogP contribution in [0.1, 0.15) is 0 Å². The Labute approximate surface area is 139 Å². The van der Waals surface area contributed by atoms with Gasteiger partial charge in [0, 0.05) is 11.5 Å². The number of nitrogens with zero attached hydrogens (tertiary/aromatic N) is 2. The molecule has 0 aromatic carbocycles. The molecule has 0 unspecified atom stereocenters. The van der Waals surface area contributed by atoms with E-state index in [0.29, 0.717) is 26.4 Å². The van der Waals surface area contributed by atoms with Crippen molar-refractivity contribution in [1.82, 2.24) is 9.97 Å². The molecule has 2 aromatic rings. The molecule has 3 heterocycles. The SMILES string of the molecule is c1cc2nc(c1)-c1cccc(n1)SCCOCCOCCS2. The third kappa shape index (κ3) is 4.71. The molecular weight excluding hydrogens is 316 g/mol. The highest BCUT2D eigenvalue weighted by Crippen LogP contribution is 2.23. The number of rotatable bonds is 0. The van der Waals surface area contributed by atoms with E-state index in [1.807, 2.05) is 36.4 Å². The molecule has 0 atom stereocenters. The Balaban J connectivity index is 1.81. The third-order valence-corrected chi connectivity index (χ3v) is 4.82. The Hall–Kier alpha value is -1.08. The van der Waals surface area contributed by atoms with Gasteiger partial charge in [-0.1, -0.05) is 12.1 Å². The molecule has 0 radical (unpaired) electrons. The van der Waals surface area contributed by atoms with Gasteiger partial charge in [-0.2, -0.15) is 0 Å². The van der Waals surface area contributed by atoms with Gasteiger partial charge >= 0.3 is 0 Å². The summed E-state index contributed by atoms with van der Waals surface area (Å²) in [6.45, 7) is 2.71. The third-order valence-electron chi connectivity index (χ3n) is 3.04. The van der Waals surface area contributed by atoms with Gasteiger partial charge in [0.05, 0.1) is 47.9 Å². The van der Waals surface area contributed by atoms with Gasteiger partial charge in [-0.15, -0.1) is 23.5 Å². The predicted molar refractivity (Wildman–Crippen MR) is 90.6 cm³/mol. The Morgan fingerprint density at radius 1 is 0.682 bits per heavy atom. The van der Waals surface area contributed by atoms with Gasteiger partial charge in [0.1, 0.15) is 0 Å². The summed E-state index contributed by atoms with van der Waals surface area (Å²) in [6.07, 6.45) is 0. The second-order valence-electron chi connectivity index (χ2n) is 4.64. The molecule has 0 saturated carbocycles. The zero-order chi connectivity index (χ0) is 15.0. The van der Waals surface area contributed by atoms with Gasteiger partial charge in [-0.05, 0) is 24.3 Å². The standard InChI is InChI=1S/C16H18N2O2S2/c1-3-13-14-4-2-6-16(18-14)22-12-10-20-8-7-19-9-11-21-15(5-1)17-13/h1-6H,7-12H2. The maximum absolute atomic E-state index is 5.55. The van der Waals surface area contributed by atoms with Gasteiger partial charge < -0.3 is 9.47 Å². The minimum atomic E-state index is 0.645. The Morgan fingerprint density at radius 3 is 1.68 bits per heavy atom. The van der Waals surface area contributed by atoms with E-state index in [2.05, 4.69) is 9.97 Å². The molecule has 0 aliphatic carbocycles. The fourth-order valence-electron chi connectivity index (χ4n) is 2.01. The smallest absolute Gasteiger partial charge is 0.0968 e. The summed E-state index contributed by atoms with van der Waals surface area (Å²) in [5.41, 5.74) is 1.83. The van der Waals surface area contributed by atoms with Crippen LogP contribution in [0.3, 0.4) is 0 Å². The zero-order valence-electron chi connectivity index (χ0n) is 12.2. The topological polar surface area (TPSA) is 44.2 Å². The van der Waals surface area contributed by atoms with E-state index in [4.69, 9.17) is 9.47 Å². The highest BCUT2D eigenvalue weighted by atomic mass is 32.2. The van der Waals surface area contributed by atoms with Crippen LogP contribution < -0.4 is 0 Å². The van der Waals surface area contributed by atoms with Crippen LogP contribution in [-0.2, 0) is 9.47 Å². The quantitative estimate of drug-likeness (QED) is 0.736. The van der Waals surface area contributed by atoms with Crippen LogP contribution in [0, 0.1) is 0 Å². The summed E-state index contributed by atoms with van der Waals surface area (Å²) in [7, 11) is 0. The number of fused-ring (bicyclic) bond motifs is 5. The summed E-state index contributed by atoms with van der Waals surface area (Å²) in [5, 5.41) is 2.01. The number of thioether (sulfide) groups is 2. The van der Waals surface area contributed by atoms with E-state index in [0.717, 1.165) is 32.9 Å². The molecule has 1 aliphatic rings. The van der Waals surface area contributed by atoms with E-state index < -0.39 is 0 Å². The average molecular weight is 334 g/mol. The Bertz CT molecular complexity index is 557. The van der Waals surface area contributed by atoms with Crippen molar-refractivity contribution in [3.8, 4) is 11.4 Å². The van der Waals surface area contributed by atoms with Crippen molar-refractivity contribution in [3.63, 3.8) is 0 Å². The Kier molecular flexibility index (Phi) is 6.12.